The fraction of sp³-hybridized carbons (Fsp3) is 0.304. The van der Waals surface area contributed by atoms with Gasteiger partial charge in [0.1, 0.15) is 5.76 Å². The van der Waals surface area contributed by atoms with Gasteiger partial charge < -0.3 is 14.9 Å². The summed E-state index contributed by atoms with van der Waals surface area (Å²) >= 11 is 0. The molecule has 0 aliphatic carbocycles. The van der Waals surface area contributed by atoms with Crippen LogP contribution in [0.1, 0.15) is 31.0 Å². The second-order valence-corrected chi connectivity index (χ2v) is 7.70. The minimum absolute atomic E-state index is 0.133. The van der Waals surface area contributed by atoms with E-state index in [1.807, 2.05) is 63.2 Å². The zero-order chi connectivity index (χ0) is 20.4. The van der Waals surface area contributed by atoms with Crippen molar-refractivity contribution in [1.82, 2.24) is 4.90 Å². The van der Waals surface area contributed by atoms with Crippen LogP contribution in [0.25, 0.3) is 5.76 Å². The summed E-state index contributed by atoms with van der Waals surface area (Å²) in [6.45, 7) is 4.45. The van der Waals surface area contributed by atoms with Crippen LogP contribution in [0.4, 0.5) is 5.69 Å². The van der Waals surface area contributed by atoms with Crippen LogP contribution in [0.15, 0.2) is 60.2 Å². The van der Waals surface area contributed by atoms with Gasteiger partial charge in [0, 0.05) is 31.9 Å². The van der Waals surface area contributed by atoms with Gasteiger partial charge in [0.2, 0.25) is 0 Å². The molecule has 1 N–H and O–H groups in total. The van der Waals surface area contributed by atoms with Crippen molar-refractivity contribution in [2.45, 2.75) is 19.9 Å². The van der Waals surface area contributed by atoms with Crippen LogP contribution in [-0.2, 0) is 9.59 Å². The summed E-state index contributed by atoms with van der Waals surface area (Å²) in [5.41, 5.74) is 2.50. The highest BCUT2D eigenvalue weighted by Crippen LogP contribution is 2.40. The molecule has 2 aromatic rings. The molecule has 1 saturated heterocycles. The van der Waals surface area contributed by atoms with Crippen molar-refractivity contribution in [3.63, 3.8) is 0 Å². The van der Waals surface area contributed by atoms with E-state index >= 15 is 0 Å². The molecule has 1 unspecified atom stereocenters. The van der Waals surface area contributed by atoms with Gasteiger partial charge in [-0.25, -0.2) is 0 Å². The second kappa shape index (κ2) is 7.89. The van der Waals surface area contributed by atoms with Crippen LogP contribution in [0.2, 0.25) is 0 Å². The molecule has 0 spiro atoms. The minimum atomic E-state index is -0.635. The number of anilines is 1. The predicted octanol–water partition coefficient (Wildman–Crippen LogP) is 3.83. The van der Waals surface area contributed by atoms with E-state index in [1.165, 1.54) is 0 Å². The van der Waals surface area contributed by atoms with E-state index < -0.39 is 17.7 Å². The van der Waals surface area contributed by atoms with Gasteiger partial charge >= 0.3 is 0 Å². The third-order valence-corrected chi connectivity index (χ3v) is 4.87. The number of hydrogen-bond donors (Lipinski definition) is 1. The molecule has 0 radical (unpaired) electrons. The number of rotatable bonds is 5. The number of nitrogens with zero attached hydrogens (tertiary/aromatic N) is 2. The summed E-state index contributed by atoms with van der Waals surface area (Å²) in [7, 11) is 3.91. The number of carbonyl (C=O) groups is 2. The van der Waals surface area contributed by atoms with Crippen molar-refractivity contribution in [1.29, 1.82) is 0 Å². The zero-order valence-corrected chi connectivity index (χ0v) is 16.7. The van der Waals surface area contributed by atoms with Crippen molar-refractivity contribution in [2.24, 2.45) is 5.92 Å². The van der Waals surface area contributed by atoms with Crippen LogP contribution < -0.4 is 4.90 Å². The van der Waals surface area contributed by atoms with E-state index in [-0.39, 0.29) is 17.3 Å². The molecule has 5 heteroatoms. The lowest BCUT2D eigenvalue weighted by atomic mass is 9.95. The lowest BCUT2D eigenvalue weighted by molar-refractivity contribution is -0.140. The number of aliphatic hydroxyl groups is 1. The molecule has 1 heterocycles. The lowest BCUT2D eigenvalue weighted by Gasteiger charge is -2.27. The van der Waals surface area contributed by atoms with Gasteiger partial charge in [0.05, 0.1) is 11.6 Å². The Bertz CT molecular complexity index is 899. The van der Waals surface area contributed by atoms with Crippen molar-refractivity contribution in [3.8, 4) is 0 Å². The van der Waals surface area contributed by atoms with Crippen molar-refractivity contribution >= 4 is 23.1 Å². The van der Waals surface area contributed by atoms with Crippen LogP contribution in [-0.4, -0.2) is 42.3 Å². The standard InChI is InChI=1S/C23H26N2O3/c1-15(2)14-25-20(16-10-12-18(13-11-16)24(3)4)19(22(27)23(25)28)21(26)17-8-6-5-7-9-17/h5-13,15,20,26H,14H2,1-4H3. The molecule has 1 aliphatic rings. The Kier molecular flexibility index (Phi) is 5.54. The molecule has 0 bridgehead atoms. The van der Waals surface area contributed by atoms with Gasteiger partial charge in [-0.05, 0) is 23.6 Å². The van der Waals surface area contributed by atoms with Crippen molar-refractivity contribution < 1.29 is 14.7 Å². The molecule has 1 aliphatic heterocycles. The Hall–Kier alpha value is -3.08. The molecule has 5 nitrogen and oxygen atoms in total. The van der Waals surface area contributed by atoms with E-state index in [0.29, 0.717) is 12.1 Å². The topological polar surface area (TPSA) is 60.9 Å². The highest BCUT2D eigenvalue weighted by atomic mass is 16.3. The van der Waals surface area contributed by atoms with Crippen LogP contribution in [0.3, 0.4) is 0 Å². The quantitative estimate of drug-likeness (QED) is 0.488. The SMILES string of the molecule is CC(C)CN1C(=O)C(=O)C(=C(O)c2ccccc2)C1c1ccc(N(C)C)cc1. The largest absolute Gasteiger partial charge is 0.507 e. The summed E-state index contributed by atoms with van der Waals surface area (Å²) in [5.74, 6) is -1.14. The highest BCUT2D eigenvalue weighted by Gasteiger charge is 2.46. The number of likely N-dealkylation sites (tertiary alicyclic amines) is 1. The van der Waals surface area contributed by atoms with Gasteiger partial charge in [-0.3, -0.25) is 9.59 Å². The van der Waals surface area contributed by atoms with Gasteiger partial charge in [-0.15, -0.1) is 0 Å². The molecule has 28 heavy (non-hydrogen) atoms. The first kappa shape index (κ1) is 19.7. The van der Waals surface area contributed by atoms with Crippen molar-refractivity contribution in [3.05, 3.63) is 71.3 Å². The summed E-state index contributed by atoms with van der Waals surface area (Å²) in [4.78, 5) is 29.2. The Morgan fingerprint density at radius 1 is 1.04 bits per heavy atom. The zero-order valence-electron chi connectivity index (χ0n) is 16.7. The Balaban J connectivity index is 2.15. The summed E-state index contributed by atoms with van der Waals surface area (Å²) < 4.78 is 0. The first-order valence-electron chi connectivity index (χ1n) is 9.42. The Morgan fingerprint density at radius 3 is 2.18 bits per heavy atom. The smallest absolute Gasteiger partial charge is 0.295 e. The predicted molar refractivity (Wildman–Crippen MR) is 111 cm³/mol. The summed E-state index contributed by atoms with van der Waals surface area (Å²) in [6.07, 6.45) is 0. The number of hydrogen-bond acceptors (Lipinski definition) is 4. The number of ketones is 1. The van der Waals surface area contributed by atoms with Crippen molar-refractivity contribution in [2.75, 3.05) is 25.5 Å². The van der Waals surface area contributed by atoms with E-state index in [2.05, 4.69) is 0 Å². The molecule has 146 valence electrons. The van der Waals surface area contributed by atoms with Gasteiger partial charge in [-0.1, -0.05) is 56.3 Å². The summed E-state index contributed by atoms with van der Waals surface area (Å²) in [6, 6.07) is 16.0. The number of aliphatic hydroxyl groups excluding tert-OH is 1. The van der Waals surface area contributed by atoms with Gasteiger partial charge in [0.25, 0.3) is 11.7 Å². The molecule has 0 aromatic heterocycles. The first-order valence-corrected chi connectivity index (χ1v) is 9.42. The van der Waals surface area contributed by atoms with Crippen LogP contribution in [0.5, 0.6) is 0 Å². The van der Waals surface area contributed by atoms with E-state index in [1.54, 1.807) is 29.2 Å². The maximum atomic E-state index is 12.9. The highest BCUT2D eigenvalue weighted by molar-refractivity contribution is 6.46. The maximum Gasteiger partial charge on any atom is 0.295 e. The maximum absolute atomic E-state index is 12.9. The normalized spacial score (nSPS) is 18.8. The molecule has 1 fully saturated rings. The first-order chi connectivity index (χ1) is 13.3. The molecule has 1 amide bonds. The van der Waals surface area contributed by atoms with E-state index in [0.717, 1.165) is 11.3 Å². The van der Waals surface area contributed by atoms with Gasteiger partial charge in [0.15, 0.2) is 0 Å². The number of Topliss-reactive ketones (excluding diaryl/α,β-unsaturated/α-hetero) is 1. The summed E-state index contributed by atoms with van der Waals surface area (Å²) in [5, 5.41) is 10.9. The minimum Gasteiger partial charge on any atom is -0.507 e. The molecule has 1 atom stereocenters. The lowest BCUT2D eigenvalue weighted by Crippen LogP contribution is -2.33. The van der Waals surface area contributed by atoms with Crippen LogP contribution >= 0.6 is 0 Å². The Morgan fingerprint density at radius 2 is 1.64 bits per heavy atom. The van der Waals surface area contributed by atoms with Crippen LogP contribution in [0, 0.1) is 5.92 Å². The average molecular weight is 378 g/mol. The number of amides is 1. The fourth-order valence-corrected chi connectivity index (χ4v) is 3.51. The Labute approximate surface area is 165 Å². The van der Waals surface area contributed by atoms with E-state index in [4.69, 9.17) is 0 Å². The molecular formula is C23H26N2O3. The average Bonchev–Trinajstić information content (AvgIpc) is 2.92. The molecule has 2 aromatic carbocycles. The van der Waals surface area contributed by atoms with Gasteiger partial charge in [-0.2, -0.15) is 0 Å². The molecule has 0 saturated carbocycles. The molecular weight excluding hydrogens is 352 g/mol. The second-order valence-electron chi connectivity index (χ2n) is 7.70. The third-order valence-electron chi connectivity index (χ3n) is 4.87. The number of benzene rings is 2. The van der Waals surface area contributed by atoms with E-state index in [9.17, 15) is 14.7 Å². The monoisotopic (exact) mass is 378 g/mol. The molecule has 3 rings (SSSR count). The third kappa shape index (κ3) is 3.65. The number of carbonyl (C=O) groups excluding carboxylic acids is 2. The fourth-order valence-electron chi connectivity index (χ4n) is 3.51.